The third-order valence-corrected chi connectivity index (χ3v) is 5.12. The topological polar surface area (TPSA) is 56.7 Å². The summed E-state index contributed by atoms with van der Waals surface area (Å²) in [6.45, 7) is 5.36. The van der Waals surface area contributed by atoms with Crippen molar-refractivity contribution in [2.45, 2.75) is 39.7 Å². The molecule has 3 aromatic rings. The van der Waals surface area contributed by atoms with Crippen molar-refractivity contribution < 1.29 is 0 Å². The van der Waals surface area contributed by atoms with Gasteiger partial charge in [-0.3, -0.25) is 0 Å². The molecule has 2 aromatic heterocycles. The quantitative estimate of drug-likeness (QED) is 0.658. The molecule has 0 amide bonds. The van der Waals surface area contributed by atoms with Gasteiger partial charge in [0.1, 0.15) is 11.3 Å². The van der Waals surface area contributed by atoms with Gasteiger partial charge in [-0.25, -0.2) is 9.97 Å². The van der Waals surface area contributed by atoms with E-state index in [1.54, 1.807) is 0 Å². The molecule has 0 unspecified atom stereocenters. The lowest BCUT2D eigenvalue weighted by Gasteiger charge is -2.10. The Morgan fingerprint density at radius 1 is 1.13 bits per heavy atom. The van der Waals surface area contributed by atoms with Crippen LogP contribution in [-0.4, -0.2) is 26.0 Å². The zero-order valence-electron chi connectivity index (χ0n) is 13.9. The summed E-state index contributed by atoms with van der Waals surface area (Å²) >= 11 is 2.01. The molecule has 0 bridgehead atoms. The van der Waals surface area contributed by atoms with Gasteiger partial charge in [-0.15, -0.1) is 0 Å². The molecule has 0 saturated heterocycles. The molecule has 2 heterocycles. The molecule has 5 heteroatoms. The van der Waals surface area contributed by atoms with Gasteiger partial charge in [-0.05, 0) is 30.4 Å². The summed E-state index contributed by atoms with van der Waals surface area (Å²) in [7, 11) is 0. The third kappa shape index (κ3) is 3.15. The van der Waals surface area contributed by atoms with Gasteiger partial charge < -0.3 is 10.3 Å². The van der Waals surface area contributed by atoms with Gasteiger partial charge >= 0.3 is 0 Å². The smallest absolute Gasteiger partial charge is 0.152 e. The molecule has 0 radical (unpaired) electrons. The van der Waals surface area contributed by atoms with Crippen molar-refractivity contribution in [3.05, 3.63) is 30.1 Å². The third-order valence-electron chi connectivity index (χ3n) is 4.13. The van der Waals surface area contributed by atoms with Gasteiger partial charge in [0.25, 0.3) is 0 Å². The number of pyridine rings is 1. The zero-order valence-corrected chi connectivity index (χ0v) is 14.7. The first kappa shape index (κ1) is 16.1. The lowest BCUT2D eigenvalue weighted by molar-refractivity contribution is 0.623. The Balaban J connectivity index is 2.03. The van der Waals surface area contributed by atoms with E-state index < -0.39 is 0 Å². The monoisotopic (exact) mass is 328 g/mol. The molecule has 0 spiro atoms. The van der Waals surface area contributed by atoms with E-state index in [-0.39, 0.29) is 0 Å². The maximum Gasteiger partial charge on any atom is 0.152 e. The molecule has 4 nitrogen and oxygen atoms in total. The van der Waals surface area contributed by atoms with Crippen molar-refractivity contribution in [1.29, 1.82) is 0 Å². The Labute approximate surface area is 141 Å². The van der Waals surface area contributed by atoms with Crippen LogP contribution in [0.3, 0.4) is 0 Å². The molecule has 0 aliphatic carbocycles. The van der Waals surface area contributed by atoms with Crippen molar-refractivity contribution in [2.24, 2.45) is 0 Å². The average molecular weight is 328 g/mol. The van der Waals surface area contributed by atoms with E-state index in [1.165, 1.54) is 24.3 Å². The van der Waals surface area contributed by atoms with Crippen LogP contribution in [0.25, 0.3) is 21.9 Å². The van der Waals surface area contributed by atoms with Crippen LogP contribution in [0.5, 0.6) is 0 Å². The molecular formula is C18H24N4S. The van der Waals surface area contributed by atoms with Gasteiger partial charge in [-0.2, -0.15) is 11.8 Å². The van der Waals surface area contributed by atoms with Gasteiger partial charge in [0.05, 0.1) is 11.0 Å². The molecule has 23 heavy (non-hydrogen) atoms. The zero-order chi connectivity index (χ0) is 16.2. The number of nitrogens with zero attached hydrogens (tertiary/aromatic N) is 3. The number of hydrogen-bond acceptors (Lipinski definition) is 4. The Morgan fingerprint density at radius 3 is 2.74 bits per heavy atom. The summed E-state index contributed by atoms with van der Waals surface area (Å²) < 4.78 is 2.35. The Bertz CT molecular complexity index is 809. The summed E-state index contributed by atoms with van der Waals surface area (Å²) in [5.41, 5.74) is 9.11. The summed E-state index contributed by atoms with van der Waals surface area (Å²) in [4.78, 5) is 9.28. The summed E-state index contributed by atoms with van der Waals surface area (Å²) in [5.74, 6) is 4.07. The SMILES string of the molecule is CCSCCCCn1c(CC)nc2c(N)nc3ccccc3c21. The highest BCUT2D eigenvalue weighted by molar-refractivity contribution is 7.99. The number of thioether (sulfide) groups is 1. The number of aryl methyl sites for hydroxylation is 2. The van der Waals surface area contributed by atoms with E-state index in [4.69, 9.17) is 10.7 Å². The number of aromatic nitrogens is 3. The average Bonchev–Trinajstić information content (AvgIpc) is 2.94. The molecule has 0 saturated carbocycles. The molecule has 1 aromatic carbocycles. The minimum Gasteiger partial charge on any atom is -0.382 e. The number of fused-ring (bicyclic) bond motifs is 3. The fraction of sp³-hybridized carbons (Fsp3) is 0.444. The number of para-hydroxylation sites is 1. The van der Waals surface area contributed by atoms with Gasteiger partial charge in [0.15, 0.2) is 5.82 Å². The molecule has 2 N–H and O–H groups in total. The van der Waals surface area contributed by atoms with Crippen LogP contribution < -0.4 is 5.73 Å². The second-order valence-electron chi connectivity index (χ2n) is 5.65. The predicted octanol–water partition coefficient (Wildman–Crippen LogP) is 4.26. The second-order valence-corrected chi connectivity index (χ2v) is 7.04. The summed E-state index contributed by atoms with van der Waals surface area (Å²) in [6, 6.07) is 8.20. The van der Waals surface area contributed by atoms with Gasteiger partial charge in [0, 0.05) is 18.4 Å². The van der Waals surface area contributed by atoms with Gasteiger partial charge in [0.2, 0.25) is 0 Å². The van der Waals surface area contributed by atoms with E-state index in [0.717, 1.165) is 40.7 Å². The van der Waals surface area contributed by atoms with E-state index in [0.29, 0.717) is 5.82 Å². The highest BCUT2D eigenvalue weighted by Gasteiger charge is 2.15. The van der Waals surface area contributed by atoms with Crippen LogP contribution >= 0.6 is 11.8 Å². The lowest BCUT2D eigenvalue weighted by Crippen LogP contribution is -2.04. The van der Waals surface area contributed by atoms with Crippen molar-refractivity contribution in [2.75, 3.05) is 17.2 Å². The fourth-order valence-corrected chi connectivity index (χ4v) is 3.73. The maximum absolute atomic E-state index is 6.16. The minimum atomic E-state index is 0.536. The minimum absolute atomic E-state index is 0.536. The van der Waals surface area contributed by atoms with Crippen LogP contribution in [0.15, 0.2) is 24.3 Å². The predicted molar refractivity (Wildman–Crippen MR) is 101 cm³/mol. The molecule has 0 aliphatic heterocycles. The summed E-state index contributed by atoms with van der Waals surface area (Å²) in [6.07, 6.45) is 3.31. The van der Waals surface area contributed by atoms with Crippen LogP contribution in [0, 0.1) is 0 Å². The number of hydrogen-bond donors (Lipinski definition) is 1. The maximum atomic E-state index is 6.16. The Hall–Kier alpha value is -1.75. The number of rotatable bonds is 7. The first-order valence-electron chi connectivity index (χ1n) is 8.37. The molecule has 0 atom stereocenters. The fourth-order valence-electron chi connectivity index (χ4n) is 3.03. The molecule has 3 rings (SSSR count). The number of anilines is 1. The number of nitrogens with two attached hydrogens (primary N) is 1. The normalized spacial score (nSPS) is 11.6. The Kier molecular flexibility index (Phi) is 5.06. The van der Waals surface area contributed by atoms with Crippen molar-refractivity contribution >= 4 is 39.5 Å². The van der Waals surface area contributed by atoms with Crippen molar-refractivity contribution in [1.82, 2.24) is 14.5 Å². The molecule has 0 aliphatic rings. The molecule has 0 fully saturated rings. The standard InChI is InChI=1S/C18H24N4S/c1-3-15-21-16-17(22(15)11-7-8-12-23-4-2)13-9-5-6-10-14(13)20-18(16)19/h5-6,9-10H,3-4,7-8,11-12H2,1-2H3,(H2,19,20). The molecular weight excluding hydrogens is 304 g/mol. The van der Waals surface area contributed by atoms with E-state index in [1.807, 2.05) is 23.9 Å². The van der Waals surface area contributed by atoms with Crippen LogP contribution in [-0.2, 0) is 13.0 Å². The second kappa shape index (κ2) is 7.21. The highest BCUT2D eigenvalue weighted by Crippen LogP contribution is 2.29. The van der Waals surface area contributed by atoms with E-state index >= 15 is 0 Å². The van der Waals surface area contributed by atoms with E-state index in [2.05, 4.69) is 35.5 Å². The number of benzene rings is 1. The highest BCUT2D eigenvalue weighted by atomic mass is 32.2. The van der Waals surface area contributed by atoms with Crippen molar-refractivity contribution in [3.8, 4) is 0 Å². The van der Waals surface area contributed by atoms with Crippen LogP contribution in [0.1, 0.15) is 32.5 Å². The van der Waals surface area contributed by atoms with Crippen LogP contribution in [0.4, 0.5) is 5.82 Å². The van der Waals surface area contributed by atoms with Gasteiger partial charge in [-0.1, -0.05) is 32.0 Å². The first-order chi connectivity index (χ1) is 11.3. The van der Waals surface area contributed by atoms with E-state index in [9.17, 15) is 0 Å². The van der Waals surface area contributed by atoms with Crippen molar-refractivity contribution in [3.63, 3.8) is 0 Å². The largest absolute Gasteiger partial charge is 0.382 e. The summed E-state index contributed by atoms with van der Waals surface area (Å²) in [5, 5.41) is 1.15. The number of nitrogen functional groups attached to an aromatic ring is 1. The number of imidazole rings is 1. The lowest BCUT2D eigenvalue weighted by atomic mass is 10.2. The number of unbranched alkanes of at least 4 members (excludes halogenated alkanes) is 1. The first-order valence-corrected chi connectivity index (χ1v) is 9.52. The van der Waals surface area contributed by atoms with Crippen LogP contribution in [0.2, 0.25) is 0 Å². The molecule has 122 valence electrons. The Morgan fingerprint density at radius 2 is 1.96 bits per heavy atom.